The third-order valence-electron chi connectivity index (χ3n) is 3.49. The lowest BCUT2D eigenvalue weighted by Crippen LogP contribution is -2.04. The minimum atomic E-state index is 0.534. The maximum absolute atomic E-state index is 5.92. The van der Waals surface area contributed by atoms with Gasteiger partial charge in [-0.2, -0.15) is 0 Å². The summed E-state index contributed by atoms with van der Waals surface area (Å²) < 4.78 is 7.42. The Labute approximate surface area is 128 Å². The van der Waals surface area contributed by atoms with Gasteiger partial charge in [-0.05, 0) is 36.8 Å². The molecule has 0 atom stereocenters. The maximum atomic E-state index is 5.92. The van der Waals surface area contributed by atoms with Crippen molar-refractivity contribution >= 4 is 22.6 Å². The van der Waals surface area contributed by atoms with Gasteiger partial charge in [-0.25, -0.2) is 4.98 Å². The molecule has 0 radical (unpaired) electrons. The molecular formula is C16H16ClN3O. The average Bonchev–Trinajstić information content (AvgIpc) is 2.85. The highest BCUT2D eigenvalue weighted by molar-refractivity contribution is 6.17. The molecule has 0 unspecified atom stereocenters. The Morgan fingerprint density at radius 2 is 2.14 bits per heavy atom. The van der Waals surface area contributed by atoms with E-state index in [4.69, 9.17) is 16.3 Å². The number of pyridine rings is 1. The Hall–Kier alpha value is -2.07. The van der Waals surface area contributed by atoms with E-state index in [1.807, 2.05) is 24.3 Å². The summed E-state index contributed by atoms with van der Waals surface area (Å²) in [6.45, 7) is 2.06. The number of methoxy groups -OCH3 is 1. The van der Waals surface area contributed by atoms with Crippen LogP contribution in [0.4, 0.5) is 0 Å². The quantitative estimate of drug-likeness (QED) is 0.692. The van der Waals surface area contributed by atoms with Crippen LogP contribution in [-0.4, -0.2) is 27.5 Å². The van der Waals surface area contributed by atoms with Crippen LogP contribution in [-0.2, 0) is 6.42 Å². The number of imidazole rings is 1. The molecule has 3 aromatic rings. The first-order chi connectivity index (χ1) is 10.2. The molecule has 3 rings (SSSR count). The Morgan fingerprint density at radius 1 is 1.29 bits per heavy atom. The Balaban J connectivity index is 2.25. The summed E-state index contributed by atoms with van der Waals surface area (Å²) in [7, 11) is 1.67. The summed E-state index contributed by atoms with van der Waals surface area (Å²) >= 11 is 5.92. The second-order valence-electron chi connectivity index (χ2n) is 4.82. The largest absolute Gasteiger partial charge is 0.497 e. The fraction of sp³-hybridized carbons (Fsp3) is 0.250. The van der Waals surface area contributed by atoms with Gasteiger partial charge in [0.05, 0.1) is 24.5 Å². The van der Waals surface area contributed by atoms with E-state index in [1.54, 1.807) is 19.5 Å². The highest BCUT2D eigenvalue weighted by atomic mass is 35.5. The predicted octanol–water partition coefficient (Wildman–Crippen LogP) is 3.52. The van der Waals surface area contributed by atoms with Crippen molar-refractivity contribution in [2.24, 2.45) is 0 Å². The Kier molecular flexibility index (Phi) is 3.80. The topological polar surface area (TPSA) is 39.9 Å². The standard InChI is InChI=1S/C16H16ClN3O/c1-11-9-12(21-2)3-4-14(11)20-15-6-8-18-10-13(15)19-16(20)5-7-17/h3-4,6,8-10H,5,7H2,1-2H3. The molecule has 21 heavy (non-hydrogen) atoms. The molecule has 0 N–H and O–H groups in total. The number of hydrogen-bond acceptors (Lipinski definition) is 3. The number of halogens is 1. The fourth-order valence-electron chi connectivity index (χ4n) is 2.51. The van der Waals surface area contributed by atoms with Crippen LogP contribution in [0.15, 0.2) is 36.7 Å². The van der Waals surface area contributed by atoms with Gasteiger partial charge in [0.25, 0.3) is 0 Å². The molecular weight excluding hydrogens is 286 g/mol. The molecule has 0 aliphatic rings. The third-order valence-corrected chi connectivity index (χ3v) is 3.68. The monoisotopic (exact) mass is 301 g/mol. The molecule has 5 heteroatoms. The molecule has 2 heterocycles. The number of rotatable bonds is 4. The van der Waals surface area contributed by atoms with Crippen molar-refractivity contribution in [3.05, 3.63) is 48.0 Å². The van der Waals surface area contributed by atoms with Gasteiger partial charge < -0.3 is 4.74 Å². The van der Waals surface area contributed by atoms with Gasteiger partial charge in [0, 0.05) is 18.5 Å². The van der Waals surface area contributed by atoms with E-state index in [9.17, 15) is 0 Å². The number of aryl methyl sites for hydroxylation is 2. The van der Waals surface area contributed by atoms with E-state index in [0.29, 0.717) is 12.3 Å². The zero-order valence-corrected chi connectivity index (χ0v) is 12.8. The molecule has 0 bridgehead atoms. The van der Waals surface area contributed by atoms with Gasteiger partial charge in [-0.15, -0.1) is 11.6 Å². The Morgan fingerprint density at radius 3 is 2.86 bits per heavy atom. The minimum Gasteiger partial charge on any atom is -0.497 e. The number of alkyl halides is 1. The molecule has 0 saturated heterocycles. The maximum Gasteiger partial charge on any atom is 0.119 e. The molecule has 2 aromatic heterocycles. The lowest BCUT2D eigenvalue weighted by molar-refractivity contribution is 0.414. The zero-order chi connectivity index (χ0) is 14.8. The van der Waals surface area contributed by atoms with Crippen LogP contribution in [0.5, 0.6) is 5.75 Å². The normalized spacial score (nSPS) is 11.0. The van der Waals surface area contributed by atoms with Crippen molar-refractivity contribution < 1.29 is 4.74 Å². The summed E-state index contributed by atoms with van der Waals surface area (Å²) in [6.07, 6.45) is 4.27. The van der Waals surface area contributed by atoms with Gasteiger partial charge >= 0.3 is 0 Å². The fourth-order valence-corrected chi connectivity index (χ4v) is 2.68. The van der Waals surface area contributed by atoms with E-state index in [2.05, 4.69) is 21.5 Å². The van der Waals surface area contributed by atoms with Crippen molar-refractivity contribution in [3.8, 4) is 11.4 Å². The second-order valence-corrected chi connectivity index (χ2v) is 5.20. The molecule has 1 aromatic carbocycles. The summed E-state index contributed by atoms with van der Waals surface area (Å²) in [4.78, 5) is 8.79. The molecule has 0 aliphatic heterocycles. The SMILES string of the molecule is COc1ccc(-n2c(CCCl)nc3cnccc32)c(C)c1. The van der Waals surface area contributed by atoms with E-state index < -0.39 is 0 Å². The number of hydrogen-bond donors (Lipinski definition) is 0. The van der Waals surface area contributed by atoms with Crippen LogP contribution >= 0.6 is 11.6 Å². The van der Waals surface area contributed by atoms with Crippen LogP contribution in [0.2, 0.25) is 0 Å². The summed E-state index contributed by atoms with van der Waals surface area (Å²) in [6, 6.07) is 8.00. The molecule has 0 saturated carbocycles. The van der Waals surface area contributed by atoms with Crippen molar-refractivity contribution in [2.75, 3.05) is 13.0 Å². The smallest absolute Gasteiger partial charge is 0.119 e. The molecule has 0 spiro atoms. The first kappa shape index (κ1) is 13.9. The van der Waals surface area contributed by atoms with Gasteiger partial charge in [-0.3, -0.25) is 9.55 Å². The average molecular weight is 302 g/mol. The van der Waals surface area contributed by atoms with Crippen LogP contribution in [0.3, 0.4) is 0 Å². The van der Waals surface area contributed by atoms with Crippen molar-refractivity contribution in [2.45, 2.75) is 13.3 Å². The summed E-state index contributed by atoms with van der Waals surface area (Å²) in [5.41, 5.74) is 4.14. The van der Waals surface area contributed by atoms with E-state index in [1.165, 1.54) is 0 Å². The number of benzene rings is 1. The van der Waals surface area contributed by atoms with E-state index >= 15 is 0 Å². The minimum absolute atomic E-state index is 0.534. The highest BCUT2D eigenvalue weighted by Gasteiger charge is 2.14. The van der Waals surface area contributed by atoms with Gasteiger partial charge in [-0.1, -0.05) is 0 Å². The molecule has 0 fully saturated rings. The number of fused-ring (bicyclic) bond motifs is 1. The first-order valence-electron chi connectivity index (χ1n) is 6.77. The highest BCUT2D eigenvalue weighted by Crippen LogP contribution is 2.26. The number of aromatic nitrogens is 3. The second kappa shape index (κ2) is 5.74. The Bertz CT molecular complexity index is 782. The van der Waals surface area contributed by atoms with Crippen LogP contribution < -0.4 is 4.74 Å². The molecule has 0 aliphatic carbocycles. The summed E-state index contributed by atoms with van der Waals surface area (Å²) in [5.74, 6) is 2.33. The van der Waals surface area contributed by atoms with Gasteiger partial charge in [0.15, 0.2) is 0 Å². The molecule has 108 valence electrons. The third kappa shape index (κ3) is 2.47. The molecule has 4 nitrogen and oxygen atoms in total. The zero-order valence-electron chi connectivity index (χ0n) is 12.0. The lowest BCUT2D eigenvalue weighted by atomic mass is 10.1. The van der Waals surface area contributed by atoms with Crippen LogP contribution in [0.25, 0.3) is 16.7 Å². The lowest BCUT2D eigenvalue weighted by Gasteiger charge is -2.13. The van der Waals surface area contributed by atoms with Crippen molar-refractivity contribution in [1.29, 1.82) is 0 Å². The van der Waals surface area contributed by atoms with Gasteiger partial charge in [0.1, 0.15) is 17.1 Å². The van der Waals surface area contributed by atoms with Crippen LogP contribution in [0, 0.1) is 6.92 Å². The number of ether oxygens (including phenoxy) is 1. The van der Waals surface area contributed by atoms with Crippen molar-refractivity contribution in [1.82, 2.24) is 14.5 Å². The predicted molar refractivity (Wildman–Crippen MR) is 84.6 cm³/mol. The first-order valence-corrected chi connectivity index (χ1v) is 7.30. The summed E-state index contributed by atoms with van der Waals surface area (Å²) in [5, 5.41) is 0. The van der Waals surface area contributed by atoms with Crippen LogP contribution in [0.1, 0.15) is 11.4 Å². The van der Waals surface area contributed by atoms with Gasteiger partial charge in [0.2, 0.25) is 0 Å². The molecule has 0 amide bonds. The van der Waals surface area contributed by atoms with Crippen molar-refractivity contribution in [3.63, 3.8) is 0 Å². The van der Waals surface area contributed by atoms with E-state index in [0.717, 1.165) is 33.9 Å². The number of nitrogens with zero attached hydrogens (tertiary/aromatic N) is 3. The van der Waals surface area contributed by atoms with E-state index in [-0.39, 0.29) is 0 Å².